The Balaban J connectivity index is 2.29. The van der Waals surface area contributed by atoms with E-state index in [2.05, 4.69) is 24.1 Å². The molecule has 1 N–H and O–H groups in total. The molecule has 1 rings (SSSR count). The normalized spacial score (nSPS) is 29.4. The molecule has 0 aromatic carbocycles. The molecule has 1 heterocycles. The topological polar surface area (TPSA) is 24.5 Å². The lowest BCUT2D eigenvalue weighted by molar-refractivity contribution is 0.111. The van der Waals surface area contributed by atoms with E-state index >= 15 is 0 Å². The third kappa shape index (κ3) is 3.56. The van der Waals surface area contributed by atoms with E-state index in [4.69, 9.17) is 4.74 Å². The summed E-state index contributed by atoms with van der Waals surface area (Å²) in [5, 5.41) is 3.53. The van der Waals surface area contributed by atoms with Crippen molar-refractivity contribution in [2.24, 2.45) is 0 Å². The molecular weight excluding hydrogens is 176 g/mol. The van der Waals surface area contributed by atoms with Crippen LogP contribution in [0.5, 0.6) is 0 Å². The summed E-state index contributed by atoms with van der Waals surface area (Å²) < 4.78 is 5.09. The second-order valence-electron chi connectivity index (χ2n) is 4.21. The van der Waals surface area contributed by atoms with E-state index in [0.29, 0.717) is 6.04 Å². The molecule has 2 atom stereocenters. The maximum absolute atomic E-state index is 5.09. The summed E-state index contributed by atoms with van der Waals surface area (Å²) in [7, 11) is 1.78. The molecule has 3 nitrogen and oxygen atoms in total. The second kappa shape index (κ2) is 6.38. The number of nitrogens with one attached hydrogen (secondary N) is 1. The Morgan fingerprint density at radius 3 is 2.93 bits per heavy atom. The van der Waals surface area contributed by atoms with Gasteiger partial charge in [0.05, 0.1) is 0 Å². The maximum Gasteiger partial charge on any atom is 0.0474 e. The Bertz CT molecular complexity index is 152. The van der Waals surface area contributed by atoms with E-state index in [9.17, 15) is 0 Å². The van der Waals surface area contributed by atoms with Gasteiger partial charge in [-0.15, -0.1) is 0 Å². The van der Waals surface area contributed by atoms with Gasteiger partial charge in [-0.05, 0) is 19.8 Å². The van der Waals surface area contributed by atoms with E-state index in [1.54, 1.807) is 7.11 Å². The molecule has 3 heteroatoms. The van der Waals surface area contributed by atoms with E-state index < -0.39 is 0 Å². The first-order valence-corrected chi connectivity index (χ1v) is 5.74. The van der Waals surface area contributed by atoms with Gasteiger partial charge in [-0.2, -0.15) is 0 Å². The van der Waals surface area contributed by atoms with E-state index in [1.807, 2.05) is 0 Å². The average molecular weight is 200 g/mol. The van der Waals surface area contributed by atoms with Crippen LogP contribution in [0.1, 0.15) is 26.7 Å². The number of ether oxygens (including phenoxy) is 1. The Morgan fingerprint density at radius 1 is 1.50 bits per heavy atom. The predicted molar refractivity (Wildman–Crippen MR) is 59.6 cm³/mol. The molecule has 2 unspecified atom stereocenters. The Morgan fingerprint density at radius 2 is 2.29 bits per heavy atom. The van der Waals surface area contributed by atoms with Gasteiger partial charge in [-0.1, -0.05) is 6.92 Å². The van der Waals surface area contributed by atoms with Crippen molar-refractivity contribution >= 4 is 0 Å². The lowest BCUT2D eigenvalue weighted by atomic mass is 10.1. The highest BCUT2D eigenvalue weighted by molar-refractivity contribution is 4.82. The molecule has 1 fully saturated rings. The van der Waals surface area contributed by atoms with Crippen LogP contribution in [0.3, 0.4) is 0 Å². The van der Waals surface area contributed by atoms with Gasteiger partial charge in [0.15, 0.2) is 0 Å². The van der Waals surface area contributed by atoms with Crippen molar-refractivity contribution < 1.29 is 4.74 Å². The number of rotatable bonds is 5. The first kappa shape index (κ1) is 12.0. The first-order valence-electron chi connectivity index (χ1n) is 5.74. The quantitative estimate of drug-likeness (QED) is 0.673. The fourth-order valence-electron chi connectivity index (χ4n) is 2.12. The highest BCUT2D eigenvalue weighted by Gasteiger charge is 2.23. The van der Waals surface area contributed by atoms with Gasteiger partial charge in [-0.25, -0.2) is 0 Å². The SMILES string of the molecule is CCC1CNC(C)CN1CCCOC. The molecule has 0 radical (unpaired) electrons. The van der Waals surface area contributed by atoms with Crippen LogP contribution in [0.4, 0.5) is 0 Å². The number of nitrogens with zero attached hydrogens (tertiary/aromatic N) is 1. The molecule has 0 saturated carbocycles. The molecule has 1 aliphatic rings. The summed E-state index contributed by atoms with van der Waals surface area (Å²) in [6, 6.07) is 1.36. The van der Waals surface area contributed by atoms with Crippen molar-refractivity contribution in [1.29, 1.82) is 0 Å². The van der Waals surface area contributed by atoms with Gasteiger partial charge in [0.2, 0.25) is 0 Å². The molecule has 0 aliphatic carbocycles. The highest BCUT2D eigenvalue weighted by Crippen LogP contribution is 2.10. The lowest BCUT2D eigenvalue weighted by Gasteiger charge is -2.39. The van der Waals surface area contributed by atoms with Crippen LogP contribution in [0.15, 0.2) is 0 Å². The molecule has 14 heavy (non-hydrogen) atoms. The standard InChI is InChI=1S/C11H24N2O/c1-4-11-8-12-10(2)9-13(11)6-5-7-14-3/h10-12H,4-9H2,1-3H3. The number of hydrogen-bond acceptors (Lipinski definition) is 3. The van der Waals surface area contributed by atoms with Crippen LogP contribution in [-0.4, -0.2) is 50.3 Å². The van der Waals surface area contributed by atoms with Crippen molar-refractivity contribution in [3.05, 3.63) is 0 Å². The Kier molecular flexibility index (Phi) is 5.45. The monoisotopic (exact) mass is 200 g/mol. The third-order valence-electron chi connectivity index (χ3n) is 2.99. The molecule has 84 valence electrons. The Labute approximate surface area is 87.8 Å². The summed E-state index contributed by atoms with van der Waals surface area (Å²) in [6.07, 6.45) is 2.40. The number of hydrogen-bond donors (Lipinski definition) is 1. The van der Waals surface area contributed by atoms with Crippen molar-refractivity contribution in [2.75, 3.05) is 33.4 Å². The van der Waals surface area contributed by atoms with Gasteiger partial charge in [-0.3, -0.25) is 4.90 Å². The summed E-state index contributed by atoms with van der Waals surface area (Å²) in [5.41, 5.74) is 0. The second-order valence-corrected chi connectivity index (χ2v) is 4.21. The van der Waals surface area contributed by atoms with Crippen LogP contribution in [-0.2, 0) is 4.74 Å². The van der Waals surface area contributed by atoms with Gasteiger partial charge in [0.1, 0.15) is 0 Å². The van der Waals surface area contributed by atoms with Gasteiger partial charge < -0.3 is 10.1 Å². The lowest BCUT2D eigenvalue weighted by Crippen LogP contribution is -2.55. The fourth-order valence-corrected chi connectivity index (χ4v) is 2.12. The zero-order valence-corrected chi connectivity index (χ0v) is 9.75. The van der Waals surface area contributed by atoms with Crippen LogP contribution in [0.25, 0.3) is 0 Å². The van der Waals surface area contributed by atoms with Crippen molar-refractivity contribution in [3.63, 3.8) is 0 Å². The molecular formula is C11H24N2O. The third-order valence-corrected chi connectivity index (χ3v) is 2.99. The van der Waals surface area contributed by atoms with E-state index in [-0.39, 0.29) is 0 Å². The van der Waals surface area contributed by atoms with Crippen molar-refractivity contribution in [1.82, 2.24) is 10.2 Å². The number of piperazine rings is 1. The van der Waals surface area contributed by atoms with E-state index in [1.165, 1.54) is 19.5 Å². The molecule has 0 amide bonds. The summed E-state index contributed by atoms with van der Waals surface area (Å²) >= 11 is 0. The van der Waals surface area contributed by atoms with Crippen molar-refractivity contribution in [3.8, 4) is 0 Å². The summed E-state index contributed by atoms with van der Waals surface area (Å²) in [5.74, 6) is 0. The van der Waals surface area contributed by atoms with Crippen LogP contribution in [0.2, 0.25) is 0 Å². The van der Waals surface area contributed by atoms with Gasteiger partial charge in [0.25, 0.3) is 0 Å². The zero-order valence-electron chi connectivity index (χ0n) is 9.75. The maximum atomic E-state index is 5.09. The minimum atomic E-state index is 0.639. The predicted octanol–water partition coefficient (Wildman–Crippen LogP) is 1.10. The minimum Gasteiger partial charge on any atom is -0.385 e. The highest BCUT2D eigenvalue weighted by atomic mass is 16.5. The van der Waals surface area contributed by atoms with E-state index in [0.717, 1.165) is 25.6 Å². The van der Waals surface area contributed by atoms with Crippen LogP contribution in [0, 0.1) is 0 Å². The smallest absolute Gasteiger partial charge is 0.0474 e. The molecule has 0 bridgehead atoms. The van der Waals surface area contributed by atoms with Crippen LogP contribution >= 0.6 is 0 Å². The number of methoxy groups -OCH3 is 1. The van der Waals surface area contributed by atoms with Gasteiger partial charge in [0, 0.05) is 45.4 Å². The molecule has 0 aromatic rings. The molecule has 0 spiro atoms. The first-order chi connectivity index (χ1) is 6.77. The Hall–Kier alpha value is -0.120. The summed E-state index contributed by atoms with van der Waals surface area (Å²) in [6.45, 7) is 8.92. The largest absolute Gasteiger partial charge is 0.385 e. The van der Waals surface area contributed by atoms with Gasteiger partial charge >= 0.3 is 0 Å². The molecule has 1 aliphatic heterocycles. The average Bonchev–Trinajstić information content (AvgIpc) is 2.19. The fraction of sp³-hybridized carbons (Fsp3) is 1.00. The zero-order chi connectivity index (χ0) is 10.4. The minimum absolute atomic E-state index is 0.639. The summed E-state index contributed by atoms with van der Waals surface area (Å²) in [4.78, 5) is 2.60. The molecule has 0 aromatic heterocycles. The van der Waals surface area contributed by atoms with Crippen LogP contribution < -0.4 is 5.32 Å². The molecule has 1 saturated heterocycles. The van der Waals surface area contributed by atoms with Crippen molar-refractivity contribution in [2.45, 2.75) is 38.8 Å².